The normalized spacial score (nSPS) is 29.1. The van der Waals surface area contributed by atoms with Crippen molar-refractivity contribution in [3.05, 3.63) is 0 Å². The molecule has 1 unspecified atom stereocenters. The maximum absolute atomic E-state index is 3.64. The number of likely N-dealkylation sites (N-methyl/N-ethyl adjacent to an activating group) is 1. The number of piperazine rings is 1. The van der Waals surface area contributed by atoms with Crippen LogP contribution in [-0.2, 0) is 0 Å². The minimum atomic E-state index is 0.276. The third-order valence-electron chi connectivity index (χ3n) is 3.22. The van der Waals surface area contributed by atoms with Gasteiger partial charge in [0.25, 0.3) is 0 Å². The third kappa shape index (κ3) is 2.71. The fourth-order valence-electron chi connectivity index (χ4n) is 2.36. The van der Waals surface area contributed by atoms with E-state index in [0.717, 1.165) is 19.6 Å². The molecule has 0 amide bonds. The smallest absolute Gasteiger partial charge is 0.0269 e. The highest BCUT2D eigenvalue weighted by Crippen LogP contribution is 2.28. The molecule has 0 aromatic rings. The molecule has 0 radical (unpaired) electrons. The highest BCUT2D eigenvalue weighted by molar-refractivity contribution is 4.96. The molecule has 1 rings (SSSR count). The fraction of sp³-hybridized carbons (Fsp3) is 1.00. The Morgan fingerprint density at radius 1 is 1.36 bits per heavy atom. The maximum atomic E-state index is 3.64. The molecule has 0 saturated carbocycles. The van der Waals surface area contributed by atoms with Crippen LogP contribution in [0.1, 0.15) is 41.5 Å². The molecule has 1 aliphatic rings. The van der Waals surface area contributed by atoms with Crippen molar-refractivity contribution in [1.82, 2.24) is 10.2 Å². The van der Waals surface area contributed by atoms with Gasteiger partial charge in [-0.25, -0.2) is 0 Å². The number of nitrogens with one attached hydrogen (secondary N) is 1. The summed E-state index contributed by atoms with van der Waals surface area (Å²) < 4.78 is 0. The Morgan fingerprint density at radius 2 is 1.93 bits per heavy atom. The Morgan fingerprint density at radius 3 is 2.36 bits per heavy atom. The molecular weight excluding hydrogens is 172 g/mol. The van der Waals surface area contributed by atoms with E-state index in [9.17, 15) is 0 Å². The van der Waals surface area contributed by atoms with Crippen LogP contribution in [0.15, 0.2) is 0 Å². The molecule has 1 atom stereocenters. The summed E-state index contributed by atoms with van der Waals surface area (Å²) >= 11 is 0. The second-order valence-electron chi connectivity index (χ2n) is 6.21. The van der Waals surface area contributed by atoms with E-state index in [2.05, 4.69) is 51.8 Å². The molecule has 1 aliphatic heterocycles. The predicted octanol–water partition coefficient (Wildman–Crippen LogP) is 2.10. The molecule has 0 aromatic heterocycles. The van der Waals surface area contributed by atoms with Gasteiger partial charge in [-0.05, 0) is 25.8 Å². The topological polar surface area (TPSA) is 15.3 Å². The lowest BCUT2D eigenvalue weighted by atomic mass is 9.82. The molecular formula is C12H26N2. The summed E-state index contributed by atoms with van der Waals surface area (Å²) in [7, 11) is 0. The van der Waals surface area contributed by atoms with E-state index in [0.29, 0.717) is 11.5 Å². The molecule has 1 fully saturated rings. The standard InChI is InChI=1S/C12H26N2/c1-7-14-9-12(5,6)13-8-10(14)11(2,3)4/h10,13H,7-9H2,1-6H3. The predicted molar refractivity (Wildman–Crippen MR) is 62.6 cm³/mol. The van der Waals surface area contributed by atoms with Gasteiger partial charge in [-0.15, -0.1) is 0 Å². The minimum absolute atomic E-state index is 0.276. The van der Waals surface area contributed by atoms with Crippen LogP contribution in [0.3, 0.4) is 0 Å². The van der Waals surface area contributed by atoms with E-state index >= 15 is 0 Å². The Kier molecular flexibility index (Phi) is 3.27. The van der Waals surface area contributed by atoms with Crippen LogP contribution in [-0.4, -0.2) is 36.1 Å². The quantitative estimate of drug-likeness (QED) is 0.694. The van der Waals surface area contributed by atoms with Crippen LogP contribution in [0, 0.1) is 5.41 Å². The summed E-state index contributed by atoms with van der Waals surface area (Å²) in [5.41, 5.74) is 0.650. The summed E-state index contributed by atoms with van der Waals surface area (Å²) in [4.78, 5) is 2.61. The molecule has 2 heteroatoms. The van der Waals surface area contributed by atoms with Crippen molar-refractivity contribution in [2.75, 3.05) is 19.6 Å². The van der Waals surface area contributed by atoms with E-state index < -0.39 is 0 Å². The average Bonchev–Trinajstić information content (AvgIpc) is 2.00. The van der Waals surface area contributed by atoms with E-state index in [4.69, 9.17) is 0 Å². The van der Waals surface area contributed by atoms with Crippen LogP contribution in [0.2, 0.25) is 0 Å². The Hall–Kier alpha value is -0.0800. The zero-order valence-electron chi connectivity index (χ0n) is 10.6. The largest absolute Gasteiger partial charge is 0.309 e. The first-order chi connectivity index (χ1) is 6.26. The summed E-state index contributed by atoms with van der Waals surface area (Å²) in [6, 6.07) is 0.667. The van der Waals surface area contributed by atoms with Gasteiger partial charge in [0.2, 0.25) is 0 Å². The number of hydrogen-bond acceptors (Lipinski definition) is 2. The number of hydrogen-bond donors (Lipinski definition) is 1. The van der Waals surface area contributed by atoms with E-state index in [-0.39, 0.29) is 5.54 Å². The van der Waals surface area contributed by atoms with Crippen molar-refractivity contribution >= 4 is 0 Å². The lowest BCUT2D eigenvalue weighted by Crippen LogP contribution is -2.64. The second-order valence-corrected chi connectivity index (χ2v) is 6.21. The average molecular weight is 198 g/mol. The fourth-order valence-corrected chi connectivity index (χ4v) is 2.36. The molecule has 0 spiro atoms. The molecule has 14 heavy (non-hydrogen) atoms. The molecule has 84 valence electrons. The monoisotopic (exact) mass is 198 g/mol. The second kappa shape index (κ2) is 3.82. The number of nitrogens with zero attached hydrogens (tertiary/aromatic N) is 1. The summed E-state index contributed by atoms with van der Waals surface area (Å²) in [5.74, 6) is 0. The van der Waals surface area contributed by atoms with Crippen LogP contribution in [0.25, 0.3) is 0 Å². The lowest BCUT2D eigenvalue weighted by molar-refractivity contribution is 0.0375. The van der Waals surface area contributed by atoms with Gasteiger partial charge in [0.1, 0.15) is 0 Å². The van der Waals surface area contributed by atoms with Gasteiger partial charge in [0.05, 0.1) is 0 Å². The van der Waals surface area contributed by atoms with Crippen molar-refractivity contribution in [2.45, 2.75) is 53.1 Å². The first-order valence-electron chi connectivity index (χ1n) is 5.75. The van der Waals surface area contributed by atoms with Crippen LogP contribution >= 0.6 is 0 Å². The van der Waals surface area contributed by atoms with Crippen molar-refractivity contribution in [2.24, 2.45) is 5.41 Å². The Labute approximate surface area is 89.1 Å². The van der Waals surface area contributed by atoms with Crippen LogP contribution < -0.4 is 5.32 Å². The summed E-state index contributed by atoms with van der Waals surface area (Å²) in [6.07, 6.45) is 0. The maximum Gasteiger partial charge on any atom is 0.0269 e. The van der Waals surface area contributed by atoms with Crippen molar-refractivity contribution in [3.63, 3.8) is 0 Å². The van der Waals surface area contributed by atoms with Gasteiger partial charge >= 0.3 is 0 Å². The van der Waals surface area contributed by atoms with Gasteiger partial charge in [-0.2, -0.15) is 0 Å². The van der Waals surface area contributed by atoms with E-state index in [1.54, 1.807) is 0 Å². The van der Waals surface area contributed by atoms with Crippen molar-refractivity contribution in [1.29, 1.82) is 0 Å². The van der Waals surface area contributed by atoms with Crippen molar-refractivity contribution in [3.8, 4) is 0 Å². The van der Waals surface area contributed by atoms with Crippen LogP contribution in [0.5, 0.6) is 0 Å². The molecule has 1 heterocycles. The first-order valence-corrected chi connectivity index (χ1v) is 5.75. The van der Waals surface area contributed by atoms with Crippen molar-refractivity contribution < 1.29 is 0 Å². The Balaban J connectivity index is 2.72. The summed E-state index contributed by atoms with van der Waals surface area (Å²) in [6.45, 7) is 17.3. The Bertz CT molecular complexity index is 191. The molecule has 1 N–H and O–H groups in total. The number of rotatable bonds is 1. The van der Waals surface area contributed by atoms with Gasteiger partial charge < -0.3 is 5.32 Å². The highest BCUT2D eigenvalue weighted by atomic mass is 15.3. The van der Waals surface area contributed by atoms with Gasteiger partial charge in [0, 0.05) is 24.7 Å². The van der Waals surface area contributed by atoms with Gasteiger partial charge in [-0.1, -0.05) is 27.7 Å². The zero-order valence-corrected chi connectivity index (χ0v) is 10.6. The van der Waals surface area contributed by atoms with Crippen LogP contribution in [0.4, 0.5) is 0 Å². The molecule has 2 nitrogen and oxygen atoms in total. The lowest BCUT2D eigenvalue weighted by Gasteiger charge is -2.49. The highest BCUT2D eigenvalue weighted by Gasteiger charge is 2.37. The first kappa shape index (κ1) is 12.0. The third-order valence-corrected chi connectivity index (χ3v) is 3.22. The minimum Gasteiger partial charge on any atom is -0.309 e. The molecule has 0 aromatic carbocycles. The molecule has 0 aliphatic carbocycles. The van der Waals surface area contributed by atoms with Gasteiger partial charge in [-0.3, -0.25) is 4.90 Å². The molecule has 1 saturated heterocycles. The SMILES string of the molecule is CCN1CC(C)(C)NCC1C(C)(C)C. The molecule has 0 bridgehead atoms. The summed E-state index contributed by atoms with van der Waals surface area (Å²) in [5, 5.41) is 3.64. The van der Waals surface area contributed by atoms with E-state index in [1.165, 1.54) is 0 Å². The zero-order chi connectivity index (χ0) is 11.0. The van der Waals surface area contributed by atoms with Gasteiger partial charge in [0.15, 0.2) is 0 Å². The van der Waals surface area contributed by atoms with E-state index in [1.807, 2.05) is 0 Å².